The van der Waals surface area contributed by atoms with E-state index < -0.39 is 22.5 Å². The van der Waals surface area contributed by atoms with Gasteiger partial charge in [-0.05, 0) is 52.3 Å². The summed E-state index contributed by atoms with van der Waals surface area (Å²) in [6, 6.07) is 7.16. The fourth-order valence-corrected chi connectivity index (χ4v) is 5.40. The molecule has 3 aliphatic heterocycles. The molecule has 0 saturated heterocycles. The molecule has 168 valence electrons. The number of carbonyl (C=O) groups excluding carboxylic acids is 1. The fraction of sp³-hybridized carbons (Fsp3) is 0.320. The van der Waals surface area contributed by atoms with E-state index in [2.05, 4.69) is 6.07 Å². The lowest BCUT2D eigenvalue weighted by atomic mass is 9.69. The van der Waals surface area contributed by atoms with Gasteiger partial charge in [0.15, 0.2) is 5.41 Å². The van der Waals surface area contributed by atoms with E-state index in [-0.39, 0.29) is 22.8 Å². The topological polar surface area (TPSA) is 119 Å². The molecule has 1 atom stereocenters. The summed E-state index contributed by atoms with van der Waals surface area (Å²) in [6.07, 6.45) is 1.99. The van der Waals surface area contributed by atoms with Crippen molar-refractivity contribution in [1.82, 2.24) is 0 Å². The Bertz CT molecular complexity index is 1420. The van der Waals surface area contributed by atoms with Gasteiger partial charge < -0.3 is 24.5 Å². The van der Waals surface area contributed by atoms with E-state index >= 15 is 0 Å². The number of hydrogen-bond donors (Lipinski definition) is 1. The highest BCUT2D eigenvalue weighted by molar-refractivity contribution is 6.18. The zero-order valence-corrected chi connectivity index (χ0v) is 19.0. The molecule has 0 aliphatic carbocycles. The van der Waals surface area contributed by atoms with Gasteiger partial charge in [-0.1, -0.05) is 6.08 Å². The van der Waals surface area contributed by atoms with Gasteiger partial charge in [-0.15, -0.1) is 0 Å². The molecule has 2 aromatic rings. The molecule has 0 saturated carbocycles. The predicted molar refractivity (Wildman–Crippen MR) is 121 cm³/mol. The molecule has 1 spiro atoms. The molecule has 1 amide bonds. The van der Waals surface area contributed by atoms with Crippen molar-refractivity contribution in [2.24, 2.45) is 5.73 Å². The largest absolute Gasteiger partial charge is 0.494 e. The van der Waals surface area contributed by atoms with Gasteiger partial charge in [-0.2, -0.15) is 5.26 Å². The standard InChI is InChI=1S/C25H23N3O5/c1-6-31-14-8-15-12(2)10-24(4,5)28-20(15)16(9-14)25(23(28)30)17(11-26)21(27)33-18-7-13(3)32-22(29)19(18)25/h7-10H,6,27H2,1-5H3. The molecular formula is C25H23N3O5. The molecule has 2 N–H and O–H groups in total. The number of anilines is 1. The molecule has 1 unspecified atom stereocenters. The highest BCUT2D eigenvalue weighted by Crippen LogP contribution is 2.59. The van der Waals surface area contributed by atoms with Gasteiger partial charge in [-0.25, -0.2) is 4.79 Å². The number of fused-ring (bicyclic) bond motifs is 3. The predicted octanol–water partition coefficient (Wildman–Crippen LogP) is 3.26. The Kier molecular flexibility index (Phi) is 4.12. The maximum Gasteiger partial charge on any atom is 0.344 e. The molecule has 5 rings (SSSR count). The number of hydrogen-bond acceptors (Lipinski definition) is 7. The van der Waals surface area contributed by atoms with Gasteiger partial charge in [0.05, 0.1) is 17.8 Å². The van der Waals surface area contributed by atoms with Crippen LogP contribution in [0.15, 0.2) is 44.9 Å². The molecule has 0 bridgehead atoms. The summed E-state index contributed by atoms with van der Waals surface area (Å²) in [5, 5.41) is 10.2. The number of nitriles is 1. The highest BCUT2D eigenvalue weighted by atomic mass is 16.5. The molecule has 8 nitrogen and oxygen atoms in total. The van der Waals surface area contributed by atoms with Crippen LogP contribution in [0.2, 0.25) is 0 Å². The first-order valence-corrected chi connectivity index (χ1v) is 10.7. The lowest BCUT2D eigenvalue weighted by Gasteiger charge is -2.40. The van der Waals surface area contributed by atoms with E-state index in [1.807, 2.05) is 39.8 Å². The number of ether oxygens (including phenoxy) is 2. The van der Waals surface area contributed by atoms with Crippen LogP contribution in [0.5, 0.6) is 11.5 Å². The van der Waals surface area contributed by atoms with Crippen LogP contribution < -0.4 is 25.7 Å². The molecule has 1 aromatic heterocycles. The van der Waals surface area contributed by atoms with E-state index in [1.165, 1.54) is 6.07 Å². The molecular weight excluding hydrogens is 422 g/mol. The van der Waals surface area contributed by atoms with Crippen molar-refractivity contribution in [1.29, 1.82) is 5.26 Å². The zero-order valence-electron chi connectivity index (χ0n) is 19.0. The van der Waals surface area contributed by atoms with Crippen LogP contribution in [0.3, 0.4) is 0 Å². The van der Waals surface area contributed by atoms with Crippen molar-refractivity contribution in [3.63, 3.8) is 0 Å². The number of allylic oxidation sites excluding steroid dienone is 1. The summed E-state index contributed by atoms with van der Waals surface area (Å²) in [4.78, 5) is 29.3. The molecule has 4 heterocycles. The normalized spacial score (nSPS) is 21.9. The molecule has 3 aliphatic rings. The number of aryl methyl sites for hydroxylation is 1. The van der Waals surface area contributed by atoms with Crippen molar-refractivity contribution in [2.75, 3.05) is 11.5 Å². The maximum absolute atomic E-state index is 14.4. The Balaban J connectivity index is 2.01. The maximum atomic E-state index is 14.4. The van der Waals surface area contributed by atoms with Gasteiger partial charge in [0.25, 0.3) is 0 Å². The minimum Gasteiger partial charge on any atom is -0.494 e. The van der Waals surface area contributed by atoms with Gasteiger partial charge in [-0.3, -0.25) is 4.79 Å². The average molecular weight is 445 g/mol. The molecule has 8 heteroatoms. The number of amides is 1. The Hall–Kier alpha value is -3.99. The Morgan fingerprint density at radius 3 is 2.61 bits per heavy atom. The van der Waals surface area contributed by atoms with E-state index in [0.717, 1.165) is 11.1 Å². The molecule has 1 aromatic carbocycles. The Morgan fingerprint density at radius 1 is 1.21 bits per heavy atom. The fourth-order valence-electron chi connectivity index (χ4n) is 5.40. The monoisotopic (exact) mass is 445 g/mol. The van der Waals surface area contributed by atoms with Crippen LogP contribution in [-0.2, 0) is 10.2 Å². The second-order valence-corrected chi connectivity index (χ2v) is 9.01. The number of nitrogens with zero attached hydrogens (tertiary/aromatic N) is 2. The summed E-state index contributed by atoms with van der Waals surface area (Å²) >= 11 is 0. The number of carbonyl (C=O) groups is 1. The molecule has 33 heavy (non-hydrogen) atoms. The van der Waals surface area contributed by atoms with E-state index in [0.29, 0.717) is 29.4 Å². The smallest absolute Gasteiger partial charge is 0.344 e. The van der Waals surface area contributed by atoms with Crippen molar-refractivity contribution in [2.45, 2.75) is 45.6 Å². The van der Waals surface area contributed by atoms with Gasteiger partial charge in [0, 0.05) is 17.2 Å². The second-order valence-electron chi connectivity index (χ2n) is 9.01. The quantitative estimate of drug-likeness (QED) is 0.753. The van der Waals surface area contributed by atoms with Gasteiger partial charge in [0.1, 0.15) is 34.5 Å². The van der Waals surface area contributed by atoms with Crippen molar-refractivity contribution in [3.05, 3.63) is 68.6 Å². The Morgan fingerprint density at radius 2 is 1.94 bits per heavy atom. The third-order valence-corrected chi connectivity index (χ3v) is 6.48. The minimum absolute atomic E-state index is 0.0532. The summed E-state index contributed by atoms with van der Waals surface area (Å²) in [6.45, 7) is 9.65. The first-order valence-electron chi connectivity index (χ1n) is 10.7. The molecule has 0 fully saturated rings. The van der Waals surface area contributed by atoms with Crippen LogP contribution in [0.25, 0.3) is 5.57 Å². The first kappa shape index (κ1) is 20.9. The third kappa shape index (κ3) is 2.45. The number of rotatable bonds is 2. The van der Waals surface area contributed by atoms with Crippen LogP contribution in [0.1, 0.15) is 50.1 Å². The van der Waals surface area contributed by atoms with Crippen molar-refractivity contribution in [3.8, 4) is 17.6 Å². The van der Waals surface area contributed by atoms with E-state index in [1.54, 1.807) is 17.9 Å². The summed E-state index contributed by atoms with van der Waals surface area (Å²) in [5.74, 6) is 0.248. The lowest BCUT2D eigenvalue weighted by Crippen LogP contribution is -2.54. The number of benzene rings is 1. The van der Waals surface area contributed by atoms with Crippen molar-refractivity contribution >= 4 is 17.2 Å². The summed E-state index contributed by atoms with van der Waals surface area (Å²) in [5.41, 5.74) is 5.54. The van der Waals surface area contributed by atoms with Gasteiger partial charge in [0.2, 0.25) is 11.8 Å². The molecule has 0 radical (unpaired) electrons. The van der Waals surface area contributed by atoms with Crippen LogP contribution in [-0.4, -0.2) is 18.1 Å². The van der Waals surface area contributed by atoms with E-state index in [9.17, 15) is 14.9 Å². The Labute approximate surface area is 190 Å². The number of nitrogens with two attached hydrogens (primary N) is 1. The summed E-state index contributed by atoms with van der Waals surface area (Å²) in [7, 11) is 0. The third-order valence-electron chi connectivity index (χ3n) is 6.48. The SMILES string of the molecule is CCOc1cc2c3c(c1)C1(C(=O)N3C(C)(C)C=C2C)C(C#N)=C(N)Oc2cc(C)oc(=O)c21. The van der Waals surface area contributed by atoms with Crippen LogP contribution in [0, 0.1) is 18.3 Å². The van der Waals surface area contributed by atoms with Gasteiger partial charge >= 0.3 is 5.63 Å². The van der Waals surface area contributed by atoms with Crippen LogP contribution in [0.4, 0.5) is 5.69 Å². The highest BCUT2D eigenvalue weighted by Gasteiger charge is 2.64. The van der Waals surface area contributed by atoms with E-state index in [4.69, 9.17) is 19.6 Å². The lowest BCUT2D eigenvalue weighted by molar-refractivity contribution is -0.121. The van der Waals surface area contributed by atoms with Crippen molar-refractivity contribution < 1.29 is 18.7 Å². The summed E-state index contributed by atoms with van der Waals surface area (Å²) < 4.78 is 16.9. The first-order chi connectivity index (χ1) is 15.6. The zero-order chi connectivity index (χ0) is 23.9. The average Bonchev–Trinajstić information content (AvgIpc) is 2.96. The van der Waals surface area contributed by atoms with Crippen LogP contribution >= 0.6 is 0 Å². The second kappa shape index (κ2) is 6.51. The minimum atomic E-state index is -1.81.